The number of hydrogen-bond donors (Lipinski definition) is 1. The number of benzene rings is 2. The van der Waals surface area contributed by atoms with Gasteiger partial charge in [0, 0.05) is 30.4 Å². The first-order valence-electron chi connectivity index (χ1n) is 11.0. The lowest BCUT2D eigenvalue weighted by atomic mass is 9.94. The fraction of sp³-hybridized carbons (Fsp3) is 0.458. The fourth-order valence-electron chi connectivity index (χ4n) is 4.75. The van der Waals surface area contributed by atoms with E-state index in [1.165, 1.54) is 42.7 Å². The van der Waals surface area contributed by atoms with Crippen LogP contribution in [0.4, 0.5) is 11.4 Å². The molecule has 1 heterocycles. The molecular weight excluding hydrogens is 410 g/mol. The van der Waals surface area contributed by atoms with Crippen LogP contribution in [0.1, 0.15) is 53.6 Å². The first kappa shape index (κ1) is 21.8. The first-order chi connectivity index (χ1) is 14.8. The summed E-state index contributed by atoms with van der Waals surface area (Å²) in [6.07, 6.45) is 8.23. The monoisotopic (exact) mass is 441 g/mol. The summed E-state index contributed by atoms with van der Waals surface area (Å²) in [5.74, 6) is -0.173. The van der Waals surface area contributed by atoms with Crippen LogP contribution in [0.25, 0.3) is 0 Å². The van der Waals surface area contributed by atoms with Crippen molar-refractivity contribution in [1.29, 1.82) is 0 Å². The minimum atomic E-state index is -3.30. The van der Waals surface area contributed by atoms with Crippen molar-refractivity contribution in [3.05, 3.63) is 59.2 Å². The van der Waals surface area contributed by atoms with E-state index in [1.54, 1.807) is 12.1 Å². The normalized spacial score (nSPS) is 17.1. The molecule has 2 aromatic rings. The molecule has 1 amide bonds. The van der Waals surface area contributed by atoms with Gasteiger partial charge in [-0.15, -0.1) is 0 Å². The second-order valence-electron chi connectivity index (χ2n) is 8.75. The molecule has 0 bridgehead atoms. The number of para-hydroxylation sites is 1. The quantitative estimate of drug-likeness (QED) is 0.735. The van der Waals surface area contributed by atoms with Gasteiger partial charge in [-0.3, -0.25) is 14.0 Å². The smallest absolute Gasteiger partial charge is 0.255 e. The summed E-state index contributed by atoms with van der Waals surface area (Å²) in [6.45, 7) is 1.23. The number of fused-ring (bicyclic) bond motifs is 1. The van der Waals surface area contributed by atoms with Gasteiger partial charge < -0.3 is 5.32 Å². The van der Waals surface area contributed by atoms with Gasteiger partial charge in [0.05, 0.1) is 11.9 Å². The summed E-state index contributed by atoms with van der Waals surface area (Å²) in [5.41, 5.74) is 4.04. The molecule has 4 rings (SSSR count). The lowest BCUT2D eigenvalue weighted by Crippen LogP contribution is -2.33. The van der Waals surface area contributed by atoms with E-state index in [2.05, 4.69) is 23.3 Å². The Balaban J connectivity index is 1.48. The summed E-state index contributed by atoms with van der Waals surface area (Å²) in [7, 11) is -1.13. The molecule has 0 atom stereocenters. The van der Waals surface area contributed by atoms with Crippen LogP contribution in [0.2, 0.25) is 0 Å². The predicted molar refractivity (Wildman–Crippen MR) is 125 cm³/mol. The third-order valence-corrected chi connectivity index (χ3v) is 7.66. The van der Waals surface area contributed by atoms with E-state index in [0.717, 1.165) is 23.4 Å². The largest absolute Gasteiger partial charge is 0.322 e. The van der Waals surface area contributed by atoms with Crippen LogP contribution in [0.15, 0.2) is 42.5 Å². The summed E-state index contributed by atoms with van der Waals surface area (Å²) < 4.78 is 25.3. The van der Waals surface area contributed by atoms with Crippen molar-refractivity contribution in [3.63, 3.8) is 0 Å². The molecule has 0 saturated heterocycles. The van der Waals surface area contributed by atoms with Gasteiger partial charge >= 0.3 is 0 Å². The van der Waals surface area contributed by atoms with Gasteiger partial charge in [0.2, 0.25) is 10.0 Å². The standard InChI is InChI=1S/C24H31N3O3S/c1-26(21-9-4-3-5-10-21)17-20-8-6-7-11-22(20)25-24(28)19-12-13-23-18(16-19)14-15-27(23)31(2,29)30/h6-8,11-13,16,21H,3-5,9-10,14-15,17H2,1-2H3,(H,25,28). The highest BCUT2D eigenvalue weighted by atomic mass is 32.2. The summed E-state index contributed by atoms with van der Waals surface area (Å²) in [5, 5.41) is 3.07. The number of amides is 1. The molecule has 1 aliphatic heterocycles. The zero-order valence-corrected chi connectivity index (χ0v) is 19.1. The third-order valence-electron chi connectivity index (χ3n) is 6.48. The third kappa shape index (κ3) is 4.93. The molecular formula is C24H31N3O3S. The van der Waals surface area contributed by atoms with E-state index in [1.807, 2.05) is 24.3 Å². The lowest BCUT2D eigenvalue weighted by molar-refractivity contribution is 0.102. The van der Waals surface area contributed by atoms with Crippen LogP contribution in [-0.2, 0) is 23.0 Å². The van der Waals surface area contributed by atoms with E-state index >= 15 is 0 Å². The molecule has 0 unspecified atom stereocenters. The van der Waals surface area contributed by atoms with Crippen molar-refractivity contribution in [2.45, 2.75) is 51.1 Å². The van der Waals surface area contributed by atoms with E-state index in [0.29, 0.717) is 30.3 Å². The second kappa shape index (κ2) is 9.01. The number of hydrogen-bond acceptors (Lipinski definition) is 4. The Kier molecular flexibility index (Phi) is 6.34. The van der Waals surface area contributed by atoms with Gasteiger partial charge in [0.15, 0.2) is 0 Å². The maximum absolute atomic E-state index is 13.0. The molecule has 2 aliphatic rings. The Morgan fingerprint density at radius 1 is 1.13 bits per heavy atom. The molecule has 31 heavy (non-hydrogen) atoms. The van der Waals surface area contributed by atoms with Crippen molar-refractivity contribution in [1.82, 2.24) is 4.90 Å². The molecule has 1 fully saturated rings. The zero-order chi connectivity index (χ0) is 22.0. The van der Waals surface area contributed by atoms with Crippen molar-refractivity contribution in [2.24, 2.45) is 0 Å². The first-order valence-corrected chi connectivity index (χ1v) is 12.9. The van der Waals surface area contributed by atoms with Gasteiger partial charge in [-0.2, -0.15) is 0 Å². The minimum Gasteiger partial charge on any atom is -0.322 e. The average molecular weight is 442 g/mol. The van der Waals surface area contributed by atoms with E-state index in [9.17, 15) is 13.2 Å². The van der Waals surface area contributed by atoms with Crippen molar-refractivity contribution >= 4 is 27.3 Å². The van der Waals surface area contributed by atoms with Gasteiger partial charge in [0.1, 0.15) is 0 Å². The zero-order valence-electron chi connectivity index (χ0n) is 18.3. The Hall–Kier alpha value is -2.38. The number of nitrogens with zero attached hydrogens (tertiary/aromatic N) is 2. The number of carbonyl (C=O) groups is 1. The van der Waals surface area contributed by atoms with Gasteiger partial charge in [-0.1, -0.05) is 37.5 Å². The maximum Gasteiger partial charge on any atom is 0.255 e. The fourth-order valence-corrected chi connectivity index (χ4v) is 5.71. The average Bonchev–Trinajstić information content (AvgIpc) is 3.19. The van der Waals surface area contributed by atoms with E-state index in [-0.39, 0.29) is 5.91 Å². The topological polar surface area (TPSA) is 69.7 Å². The summed E-state index contributed by atoms with van der Waals surface area (Å²) in [4.78, 5) is 15.4. The highest BCUT2D eigenvalue weighted by molar-refractivity contribution is 7.92. The Morgan fingerprint density at radius 2 is 1.87 bits per heavy atom. The highest BCUT2D eigenvalue weighted by Gasteiger charge is 2.27. The van der Waals surface area contributed by atoms with Crippen LogP contribution in [0.5, 0.6) is 0 Å². The van der Waals surface area contributed by atoms with Crippen molar-refractivity contribution in [3.8, 4) is 0 Å². The summed E-state index contributed by atoms with van der Waals surface area (Å²) in [6, 6.07) is 13.8. The minimum absolute atomic E-state index is 0.173. The number of anilines is 2. The van der Waals surface area contributed by atoms with Crippen molar-refractivity contribution in [2.75, 3.05) is 29.5 Å². The molecule has 1 N–H and O–H groups in total. The Bertz CT molecular complexity index is 1060. The lowest BCUT2D eigenvalue weighted by Gasteiger charge is -2.31. The number of carbonyl (C=O) groups excluding carboxylic acids is 1. The molecule has 2 aromatic carbocycles. The Labute approximate surface area is 185 Å². The predicted octanol–water partition coefficient (Wildman–Crippen LogP) is 4.03. The molecule has 166 valence electrons. The van der Waals surface area contributed by atoms with Crippen LogP contribution in [0, 0.1) is 0 Å². The molecule has 0 spiro atoms. The van der Waals surface area contributed by atoms with E-state index < -0.39 is 10.0 Å². The second-order valence-corrected chi connectivity index (χ2v) is 10.7. The molecule has 0 radical (unpaired) electrons. The van der Waals surface area contributed by atoms with Crippen LogP contribution in [-0.4, -0.2) is 45.1 Å². The molecule has 7 heteroatoms. The van der Waals surface area contributed by atoms with Gasteiger partial charge in [-0.25, -0.2) is 8.42 Å². The molecule has 1 aliphatic carbocycles. The van der Waals surface area contributed by atoms with Crippen LogP contribution in [0.3, 0.4) is 0 Å². The molecule has 1 saturated carbocycles. The van der Waals surface area contributed by atoms with E-state index in [4.69, 9.17) is 0 Å². The van der Waals surface area contributed by atoms with Crippen LogP contribution >= 0.6 is 0 Å². The van der Waals surface area contributed by atoms with Gasteiger partial charge in [-0.05, 0) is 61.7 Å². The Morgan fingerprint density at radius 3 is 2.61 bits per heavy atom. The SMILES string of the molecule is CN(Cc1ccccc1NC(=O)c1ccc2c(c1)CCN2S(C)(=O)=O)C1CCCCC1. The number of nitrogens with one attached hydrogen (secondary N) is 1. The maximum atomic E-state index is 13.0. The van der Waals surface area contributed by atoms with Crippen LogP contribution < -0.4 is 9.62 Å². The molecule has 0 aromatic heterocycles. The number of rotatable bonds is 6. The van der Waals surface area contributed by atoms with Gasteiger partial charge in [0.25, 0.3) is 5.91 Å². The highest BCUT2D eigenvalue weighted by Crippen LogP contribution is 2.31. The number of sulfonamides is 1. The molecule has 6 nitrogen and oxygen atoms in total. The summed E-state index contributed by atoms with van der Waals surface area (Å²) >= 11 is 0. The van der Waals surface area contributed by atoms with Crippen molar-refractivity contribution < 1.29 is 13.2 Å².